The van der Waals surface area contributed by atoms with Gasteiger partial charge < -0.3 is 7.74 Å². The van der Waals surface area contributed by atoms with Gasteiger partial charge in [-0.05, 0) is 0 Å². The van der Waals surface area contributed by atoms with Crippen LogP contribution < -0.4 is 0 Å². The Hall–Kier alpha value is 0.704. The third-order valence-corrected chi connectivity index (χ3v) is 1.22. The van der Waals surface area contributed by atoms with Crippen LogP contribution >= 0.6 is 12.3 Å². The Bertz CT molecular complexity index is 15.1. The highest BCUT2D eigenvalue weighted by molar-refractivity contribution is 7.91. The molecule has 0 aliphatic heterocycles. The lowest BCUT2D eigenvalue weighted by molar-refractivity contribution is 0.605. The highest BCUT2D eigenvalue weighted by Gasteiger charge is 1.65. The molecule has 0 saturated carbocycles. The summed E-state index contributed by atoms with van der Waals surface area (Å²) in [5.74, 6) is 0. The maximum Gasteiger partial charge on any atom is 0.168 e. The molecule has 0 aromatic carbocycles. The first-order valence-corrected chi connectivity index (χ1v) is 3.45. The fourth-order valence-corrected chi connectivity index (χ4v) is 1.84. The van der Waals surface area contributed by atoms with Crippen molar-refractivity contribution in [3.05, 3.63) is 0 Å². The van der Waals surface area contributed by atoms with E-state index in [2.05, 4.69) is 7.74 Å². The van der Waals surface area contributed by atoms with Gasteiger partial charge in [0, 0.05) is 0 Å². The van der Waals surface area contributed by atoms with Crippen molar-refractivity contribution in [2.24, 2.45) is 0 Å². The van der Waals surface area contributed by atoms with Gasteiger partial charge in [-0.1, -0.05) is 0 Å². The Morgan fingerprint density at radius 1 is 1.20 bits per heavy atom. The fraction of sp³-hybridized carbons (Fsp3) is 0. The molecule has 0 aliphatic carbocycles. The van der Waals surface area contributed by atoms with Crippen molar-refractivity contribution in [1.29, 1.82) is 0 Å². The lowest BCUT2D eigenvalue weighted by Crippen LogP contribution is -1.69. The maximum absolute atomic E-state index is 4.56. The summed E-state index contributed by atoms with van der Waals surface area (Å²) in [4.78, 5) is 0. The molecule has 0 unspecified atom stereocenters. The summed E-state index contributed by atoms with van der Waals surface area (Å²) in [7, 11) is 1.52. The van der Waals surface area contributed by atoms with E-state index in [1.54, 1.807) is 0 Å². The second kappa shape index (κ2) is 4.70. The summed E-state index contributed by atoms with van der Waals surface area (Å²) in [6.45, 7) is 0. The molecular formula is H6O2SSi2. The summed E-state index contributed by atoms with van der Waals surface area (Å²) >= 11 is 1.09. The van der Waals surface area contributed by atoms with E-state index in [1.807, 2.05) is 0 Å². The molecule has 0 N–H and O–H groups in total. The van der Waals surface area contributed by atoms with Crippen molar-refractivity contribution < 1.29 is 7.74 Å². The largest absolute Gasteiger partial charge is 0.348 e. The van der Waals surface area contributed by atoms with E-state index in [-0.39, 0.29) is 0 Å². The van der Waals surface area contributed by atoms with E-state index in [0.29, 0.717) is 0 Å². The molecule has 0 radical (unpaired) electrons. The molecule has 0 aromatic rings. The van der Waals surface area contributed by atoms with E-state index in [0.717, 1.165) is 33.3 Å². The average Bonchev–Trinajstić information content (AvgIpc) is 1.41. The number of hydrogen-bond acceptors (Lipinski definition) is 3. The van der Waals surface area contributed by atoms with Crippen LogP contribution in [0.1, 0.15) is 0 Å². The molecule has 0 rings (SSSR count). The number of hydrogen-bond donors (Lipinski definition) is 0. The first-order valence-electron chi connectivity index (χ1n) is 1.15. The Labute approximate surface area is 41.7 Å². The zero-order valence-electron chi connectivity index (χ0n) is 3.22. The molecule has 0 amide bonds. The van der Waals surface area contributed by atoms with Crippen LogP contribution in [-0.4, -0.2) is 21.0 Å². The summed E-state index contributed by atoms with van der Waals surface area (Å²) in [6.07, 6.45) is 0. The van der Waals surface area contributed by atoms with Gasteiger partial charge in [0.15, 0.2) is 21.0 Å². The minimum Gasteiger partial charge on any atom is -0.348 e. The second-order valence-electron chi connectivity index (χ2n) is 0.401. The zero-order chi connectivity index (χ0) is 4.12. The molecular weight excluding hydrogens is 120 g/mol. The van der Waals surface area contributed by atoms with Gasteiger partial charge in [0.25, 0.3) is 0 Å². The molecule has 0 atom stereocenters. The van der Waals surface area contributed by atoms with Crippen LogP contribution in [0, 0.1) is 0 Å². The topological polar surface area (TPSA) is 18.5 Å². The predicted molar refractivity (Wildman–Crippen MR) is 29.6 cm³/mol. The normalized spacial score (nSPS) is 9.60. The standard InChI is InChI=1S/H6O2SSi2/c4-1-3-2-5/h4-5H3. The van der Waals surface area contributed by atoms with Gasteiger partial charge >= 0.3 is 0 Å². The van der Waals surface area contributed by atoms with Crippen LogP contribution in [0.3, 0.4) is 0 Å². The molecule has 0 bridgehead atoms. The van der Waals surface area contributed by atoms with Gasteiger partial charge in [-0.25, -0.2) is 0 Å². The summed E-state index contributed by atoms with van der Waals surface area (Å²) in [5.41, 5.74) is 0. The van der Waals surface area contributed by atoms with Crippen molar-refractivity contribution >= 4 is 33.3 Å². The fourth-order valence-electron chi connectivity index (χ4n) is 0.0680. The third kappa shape index (κ3) is 4.70. The molecule has 0 spiro atoms. The summed E-state index contributed by atoms with van der Waals surface area (Å²) in [6, 6.07) is 0. The Morgan fingerprint density at radius 3 is 1.60 bits per heavy atom. The van der Waals surface area contributed by atoms with Crippen LogP contribution in [0.15, 0.2) is 0 Å². The summed E-state index contributed by atoms with van der Waals surface area (Å²) < 4.78 is 9.12. The van der Waals surface area contributed by atoms with Crippen LogP contribution in [0.5, 0.6) is 0 Å². The monoisotopic (exact) mass is 126 g/mol. The Morgan fingerprint density at radius 2 is 1.60 bits per heavy atom. The Kier molecular flexibility index (Phi) is 5.37. The lowest BCUT2D eigenvalue weighted by Gasteiger charge is -1.85. The van der Waals surface area contributed by atoms with E-state index in [9.17, 15) is 0 Å². The van der Waals surface area contributed by atoms with E-state index < -0.39 is 0 Å². The van der Waals surface area contributed by atoms with Crippen LogP contribution in [-0.2, 0) is 7.74 Å². The minimum absolute atomic E-state index is 0.759. The highest BCUT2D eigenvalue weighted by atomic mass is 32.2. The third-order valence-electron chi connectivity index (χ3n) is 0.136. The van der Waals surface area contributed by atoms with E-state index in [4.69, 9.17) is 0 Å². The van der Waals surface area contributed by atoms with Gasteiger partial charge in [-0.2, -0.15) is 0 Å². The van der Waals surface area contributed by atoms with Gasteiger partial charge in [0.05, 0.1) is 0 Å². The van der Waals surface area contributed by atoms with Crippen molar-refractivity contribution in [3.8, 4) is 0 Å². The van der Waals surface area contributed by atoms with E-state index in [1.165, 1.54) is 0 Å². The maximum atomic E-state index is 4.56. The molecule has 5 heteroatoms. The number of rotatable bonds is 2. The quantitative estimate of drug-likeness (QED) is 0.319. The highest BCUT2D eigenvalue weighted by Crippen LogP contribution is 1.93. The van der Waals surface area contributed by atoms with Crippen molar-refractivity contribution in [3.63, 3.8) is 0 Å². The zero-order valence-corrected chi connectivity index (χ0v) is 8.04. The average molecular weight is 126 g/mol. The molecule has 0 saturated heterocycles. The first kappa shape index (κ1) is 5.70. The van der Waals surface area contributed by atoms with Crippen LogP contribution in [0.2, 0.25) is 0 Å². The lowest BCUT2D eigenvalue weighted by atomic mass is 15.8. The second-order valence-corrected chi connectivity index (χ2v) is 3.20. The van der Waals surface area contributed by atoms with Crippen LogP contribution in [0.4, 0.5) is 0 Å². The first-order chi connectivity index (χ1) is 2.41. The van der Waals surface area contributed by atoms with Crippen molar-refractivity contribution in [2.45, 2.75) is 0 Å². The van der Waals surface area contributed by atoms with Gasteiger partial charge in [0.2, 0.25) is 0 Å². The molecule has 0 aromatic heterocycles. The molecule has 0 heterocycles. The molecule has 0 fully saturated rings. The van der Waals surface area contributed by atoms with Crippen molar-refractivity contribution in [1.82, 2.24) is 0 Å². The van der Waals surface area contributed by atoms with Gasteiger partial charge in [-0.3, -0.25) is 0 Å². The van der Waals surface area contributed by atoms with Gasteiger partial charge in [0.1, 0.15) is 12.3 Å². The smallest absolute Gasteiger partial charge is 0.168 e. The van der Waals surface area contributed by atoms with E-state index >= 15 is 0 Å². The SMILES string of the molecule is [SiH3]OSO[SiH3]. The predicted octanol–water partition coefficient (Wildman–Crippen LogP) is -1.86. The minimum atomic E-state index is 0.759. The summed E-state index contributed by atoms with van der Waals surface area (Å²) in [5, 5.41) is 0. The van der Waals surface area contributed by atoms with Crippen LogP contribution in [0.25, 0.3) is 0 Å². The van der Waals surface area contributed by atoms with Crippen molar-refractivity contribution in [2.75, 3.05) is 0 Å². The van der Waals surface area contributed by atoms with Gasteiger partial charge in [-0.15, -0.1) is 0 Å². The Balaban J connectivity index is 2.19. The molecule has 32 valence electrons. The molecule has 2 nitrogen and oxygen atoms in total. The molecule has 0 aliphatic rings. The molecule has 5 heavy (non-hydrogen) atoms.